The minimum Gasteiger partial charge on any atom is -0.330 e. The van der Waals surface area contributed by atoms with E-state index in [2.05, 4.69) is 0 Å². The third-order valence-electron chi connectivity index (χ3n) is 5.16. The first-order chi connectivity index (χ1) is 14.9. The average Bonchev–Trinajstić information content (AvgIpc) is 3.17. The number of carbonyl (C=O) groups excluding carboxylic acids is 2. The number of amides is 1. The van der Waals surface area contributed by atoms with Crippen LogP contribution in [0.25, 0.3) is 22.0 Å². The van der Waals surface area contributed by atoms with Crippen LogP contribution in [0.1, 0.15) is 21.5 Å². The van der Waals surface area contributed by atoms with E-state index in [0.29, 0.717) is 27.9 Å². The molecule has 4 rings (SSSR count). The van der Waals surface area contributed by atoms with E-state index in [4.69, 9.17) is 11.6 Å². The number of carbonyl (C=O) groups is 2. The molecule has 0 aliphatic carbocycles. The topological polar surface area (TPSA) is 42.3 Å². The van der Waals surface area contributed by atoms with Gasteiger partial charge in [-0.05, 0) is 41.0 Å². The molecule has 1 aromatic heterocycles. The van der Waals surface area contributed by atoms with E-state index >= 15 is 0 Å². The summed E-state index contributed by atoms with van der Waals surface area (Å²) in [5.41, 5.74) is 4.04. The maximum atomic E-state index is 13.3. The number of alkyl halides is 1. The van der Waals surface area contributed by atoms with Crippen molar-refractivity contribution in [3.8, 4) is 11.1 Å². The maximum Gasteiger partial charge on any atom is 0.328 e. The molecule has 1 heterocycles. The van der Waals surface area contributed by atoms with Crippen LogP contribution in [-0.4, -0.2) is 35.4 Å². The van der Waals surface area contributed by atoms with E-state index in [-0.39, 0.29) is 17.6 Å². The van der Waals surface area contributed by atoms with Gasteiger partial charge in [0.25, 0.3) is 0 Å². The summed E-state index contributed by atoms with van der Waals surface area (Å²) >= 11 is 5.92. The Morgan fingerprint density at radius 3 is 2.35 bits per heavy atom. The van der Waals surface area contributed by atoms with Gasteiger partial charge in [-0.2, -0.15) is 0 Å². The number of ketones is 1. The molecule has 3 aromatic carbocycles. The standard InChI is InChI=1S/C25H20ClFN2O2/c1-28(2)25(31)29-15-22(24(30)19-5-3-4-16(12-19)14-26)21-11-8-18(13-23(21)29)17-6-9-20(27)10-7-17/h3-13,15H,14H2,1-2H3. The quantitative estimate of drug-likeness (QED) is 0.294. The van der Waals surface area contributed by atoms with Gasteiger partial charge in [-0.25, -0.2) is 9.18 Å². The number of rotatable bonds is 4. The van der Waals surface area contributed by atoms with Crippen LogP contribution in [0.3, 0.4) is 0 Å². The molecule has 0 N–H and O–H groups in total. The molecule has 0 bridgehead atoms. The third kappa shape index (κ3) is 3.97. The van der Waals surface area contributed by atoms with Gasteiger partial charge in [-0.3, -0.25) is 9.36 Å². The van der Waals surface area contributed by atoms with E-state index in [9.17, 15) is 14.0 Å². The molecule has 0 spiro atoms. The summed E-state index contributed by atoms with van der Waals surface area (Å²) in [5, 5.41) is 0.669. The molecule has 0 saturated carbocycles. The minimum absolute atomic E-state index is 0.184. The predicted molar refractivity (Wildman–Crippen MR) is 121 cm³/mol. The van der Waals surface area contributed by atoms with Crippen LogP contribution < -0.4 is 0 Å². The molecule has 31 heavy (non-hydrogen) atoms. The summed E-state index contributed by atoms with van der Waals surface area (Å²) in [7, 11) is 3.31. The third-order valence-corrected chi connectivity index (χ3v) is 5.47. The molecule has 1 amide bonds. The molecule has 156 valence electrons. The molecule has 0 aliphatic heterocycles. The Balaban J connectivity index is 1.89. The molecule has 4 nitrogen and oxygen atoms in total. The highest BCUT2D eigenvalue weighted by atomic mass is 35.5. The second-order valence-corrected chi connectivity index (χ2v) is 7.76. The van der Waals surface area contributed by atoms with E-state index < -0.39 is 0 Å². The molecule has 0 fully saturated rings. The van der Waals surface area contributed by atoms with Crippen molar-refractivity contribution in [2.75, 3.05) is 14.1 Å². The SMILES string of the molecule is CN(C)C(=O)n1cc(C(=O)c2cccc(CCl)c2)c2ccc(-c3ccc(F)cc3)cc21. The highest BCUT2D eigenvalue weighted by Crippen LogP contribution is 2.30. The number of hydrogen-bond acceptors (Lipinski definition) is 2. The Kier molecular flexibility index (Phi) is 5.61. The normalized spacial score (nSPS) is 11.0. The molecule has 0 radical (unpaired) electrons. The number of hydrogen-bond donors (Lipinski definition) is 0. The first-order valence-electron chi connectivity index (χ1n) is 9.71. The maximum absolute atomic E-state index is 13.3. The van der Waals surface area contributed by atoms with Crippen LogP contribution in [-0.2, 0) is 5.88 Å². The number of fused-ring (bicyclic) bond motifs is 1. The van der Waals surface area contributed by atoms with Gasteiger partial charge < -0.3 is 4.90 Å². The zero-order valence-electron chi connectivity index (χ0n) is 17.1. The molecule has 0 aliphatic rings. The van der Waals surface area contributed by atoms with Gasteiger partial charge in [-0.15, -0.1) is 11.6 Å². The van der Waals surface area contributed by atoms with Gasteiger partial charge in [0.1, 0.15) is 5.82 Å². The summed E-state index contributed by atoms with van der Waals surface area (Å²) in [4.78, 5) is 27.6. The number of nitrogens with zero attached hydrogens (tertiary/aromatic N) is 2. The summed E-state index contributed by atoms with van der Waals surface area (Å²) in [6.45, 7) is 0. The van der Waals surface area contributed by atoms with Gasteiger partial charge in [0, 0.05) is 42.7 Å². The summed E-state index contributed by atoms with van der Waals surface area (Å²) in [6, 6.07) is 18.6. The van der Waals surface area contributed by atoms with Gasteiger partial charge in [0.2, 0.25) is 0 Å². The number of halogens is 2. The highest BCUT2D eigenvalue weighted by molar-refractivity contribution is 6.19. The lowest BCUT2D eigenvalue weighted by Gasteiger charge is -2.12. The molecular formula is C25H20ClFN2O2. The molecule has 0 unspecified atom stereocenters. The van der Waals surface area contributed by atoms with E-state index in [1.54, 1.807) is 50.6 Å². The summed E-state index contributed by atoms with van der Waals surface area (Å²) in [5.74, 6) is -0.192. The lowest BCUT2D eigenvalue weighted by atomic mass is 9.99. The van der Waals surface area contributed by atoms with Crippen LogP contribution in [0.2, 0.25) is 0 Å². The van der Waals surface area contributed by atoms with E-state index in [1.807, 2.05) is 24.3 Å². The van der Waals surface area contributed by atoms with Crippen molar-refractivity contribution in [3.05, 3.63) is 95.4 Å². The molecule has 0 saturated heterocycles. The van der Waals surface area contributed by atoms with Crippen molar-refractivity contribution in [1.29, 1.82) is 0 Å². The van der Waals surface area contributed by atoms with Crippen molar-refractivity contribution in [1.82, 2.24) is 9.47 Å². The van der Waals surface area contributed by atoms with Crippen molar-refractivity contribution in [3.63, 3.8) is 0 Å². The monoisotopic (exact) mass is 434 g/mol. The van der Waals surface area contributed by atoms with Crippen molar-refractivity contribution < 1.29 is 14.0 Å². The Hall–Kier alpha value is -3.44. The van der Waals surface area contributed by atoms with Crippen LogP contribution >= 0.6 is 11.6 Å². The fourth-order valence-electron chi connectivity index (χ4n) is 3.55. The first kappa shape index (κ1) is 20.8. The number of aromatic nitrogens is 1. The number of benzene rings is 3. The zero-order chi connectivity index (χ0) is 22.1. The zero-order valence-corrected chi connectivity index (χ0v) is 17.9. The van der Waals surface area contributed by atoms with E-state index in [1.165, 1.54) is 21.6 Å². The smallest absolute Gasteiger partial charge is 0.328 e. The predicted octanol–water partition coefficient (Wildman–Crippen LogP) is 5.95. The van der Waals surface area contributed by atoms with Crippen LogP contribution in [0.4, 0.5) is 9.18 Å². The molecule has 6 heteroatoms. The molecular weight excluding hydrogens is 415 g/mol. The second kappa shape index (κ2) is 8.36. The first-order valence-corrected chi connectivity index (χ1v) is 10.2. The lowest BCUT2D eigenvalue weighted by molar-refractivity contribution is 0.104. The Labute approximate surface area is 184 Å². The minimum atomic E-state index is -0.317. The Morgan fingerprint density at radius 1 is 0.968 bits per heavy atom. The highest BCUT2D eigenvalue weighted by Gasteiger charge is 2.21. The fourth-order valence-corrected chi connectivity index (χ4v) is 3.72. The van der Waals surface area contributed by atoms with Crippen LogP contribution in [0.15, 0.2) is 72.9 Å². The van der Waals surface area contributed by atoms with Gasteiger partial charge in [0.15, 0.2) is 5.78 Å². The van der Waals surface area contributed by atoms with Gasteiger partial charge in [-0.1, -0.05) is 42.5 Å². The Bertz CT molecular complexity index is 1290. The summed E-state index contributed by atoms with van der Waals surface area (Å²) < 4.78 is 14.8. The summed E-state index contributed by atoms with van der Waals surface area (Å²) in [6.07, 6.45) is 1.58. The largest absolute Gasteiger partial charge is 0.330 e. The second-order valence-electron chi connectivity index (χ2n) is 7.49. The Morgan fingerprint density at radius 2 is 1.68 bits per heavy atom. The van der Waals surface area contributed by atoms with E-state index in [0.717, 1.165) is 16.7 Å². The van der Waals surface area contributed by atoms with Crippen molar-refractivity contribution in [2.45, 2.75) is 5.88 Å². The lowest BCUT2D eigenvalue weighted by Crippen LogP contribution is -2.26. The molecule has 0 atom stereocenters. The molecule has 4 aromatic rings. The van der Waals surface area contributed by atoms with Crippen molar-refractivity contribution in [2.24, 2.45) is 0 Å². The fraction of sp³-hybridized carbons (Fsp3) is 0.120. The van der Waals surface area contributed by atoms with Crippen LogP contribution in [0.5, 0.6) is 0 Å². The van der Waals surface area contributed by atoms with Crippen molar-refractivity contribution >= 4 is 34.3 Å². The van der Waals surface area contributed by atoms with Gasteiger partial charge in [0.05, 0.1) is 5.52 Å². The average molecular weight is 435 g/mol. The van der Waals surface area contributed by atoms with Crippen LogP contribution in [0, 0.1) is 5.82 Å². The van der Waals surface area contributed by atoms with Gasteiger partial charge >= 0.3 is 6.03 Å².